The molecule has 2 rings (SSSR count). The van der Waals surface area contributed by atoms with Crippen molar-refractivity contribution in [3.63, 3.8) is 0 Å². The summed E-state index contributed by atoms with van der Waals surface area (Å²) < 4.78 is 29.6. The van der Waals surface area contributed by atoms with Gasteiger partial charge in [0.25, 0.3) is 5.69 Å². The molecule has 146 valence electrons. The van der Waals surface area contributed by atoms with Crippen molar-refractivity contribution < 1.29 is 22.9 Å². The largest absolute Gasteiger partial charge is 0.456 e. The van der Waals surface area contributed by atoms with E-state index in [1.807, 2.05) is 6.92 Å². The molecule has 0 amide bonds. The van der Waals surface area contributed by atoms with E-state index in [4.69, 9.17) is 4.74 Å². The maximum Gasteiger partial charge on any atom is 0.325 e. The van der Waals surface area contributed by atoms with Crippen LogP contribution < -0.4 is 5.32 Å². The van der Waals surface area contributed by atoms with Gasteiger partial charge in [-0.15, -0.1) is 5.10 Å². The number of hydrogen-bond donors (Lipinski definition) is 1. The molecule has 27 heavy (non-hydrogen) atoms. The Balaban J connectivity index is 2.00. The third-order valence-electron chi connectivity index (χ3n) is 3.42. The maximum atomic E-state index is 11.9. The van der Waals surface area contributed by atoms with Gasteiger partial charge in [0.2, 0.25) is 0 Å². The van der Waals surface area contributed by atoms with Crippen molar-refractivity contribution in [2.24, 2.45) is 0 Å². The zero-order valence-electron chi connectivity index (χ0n) is 14.7. The Labute approximate surface area is 154 Å². The number of nitrogens with one attached hydrogen (secondary N) is 1. The smallest absolute Gasteiger partial charge is 0.325 e. The first kappa shape index (κ1) is 20.2. The molecule has 1 aromatic carbocycles. The van der Waals surface area contributed by atoms with E-state index in [0.717, 1.165) is 18.7 Å². The fourth-order valence-electron chi connectivity index (χ4n) is 2.12. The summed E-state index contributed by atoms with van der Waals surface area (Å²) in [5, 5.41) is 24.7. The van der Waals surface area contributed by atoms with E-state index in [2.05, 4.69) is 20.8 Å². The SMILES string of the molecule is CCCn1nnnc1COC(=O)CNc1ccc(S(C)(=O)=O)cc1[N+](=O)[O-]. The van der Waals surface area contributed by atoms with E-state index in [9.17, 15) is 23.3 Å². The maximum absolute atomic E-state index is 11.9. The molecule has 0 spiro atoms. The van der Waals surface area contributed by atoms with Crippen molar-refractivity contribution in [3.05, 3.63) is 34.1 Å². The molecule has 0 aliphatic carbocycles. The van der Waals surface area contributed by atoms with Crippen molar-refractivity contribution in [3.8, 4) is 0 Å². The van der Waals surface area contributed by atoms with Crippen LogP contribution >= 0.6 is 0 Å². The van der Waals surface area contributed by atoms with Gasteiger partial charge >= 0.3 is 5.97 Å². The summed E-state index contributed by atoms with van der Waals surface area (Å²) in [4.78, 5) is 22.1. The summed E-state index contributed by atoms with van der Waals surface area (Å²) in [5.41, 5.74) is -0.460. The van der Waals surface area contributed by atoms with E-state index >= 15 is 0 Å². The van der Waals surface area contributed by atoms with Crippen LogP contribution in [0.1, 0.15) is 19.2 Å². The van der Waals surface area contributed by atoms with E-state index < -0.39 is 26.4 Å². The number of anilines is 1. The molecule has 0 bridgehead atoms. The van der Waals surface area contributed by atoms with Crippen LogP contribution in [0.25, 0.3) is 0 Å². The summed E-state index contributed by atoms with van der Waals surface area (Å²) >= 11 is 0. The quantitative estimate of drug-likeness (QED) is 0.359. The summed E-state index contributed by atoms with van der Waals surface area (Å²) in [6, 6.07) is 3.38. The molecule has 0 aliphatic heterocycles. The van der Waals surface area contributed by atoms with Gasteiger partial charge in [0, 0.05) is 18.9 Å². The minimum atomic E-state index is -3.59. The highest BCUT2D eigenvalue weighted by Gasteiger charge is 2.19. The summed E-state index contributed by atoms with van der Waals surface area (Å²) in [6.45, 7) is 2.04. The van der Waals surface area contributed by atoms with Gasteiger partial charge in [-0.2, -0.15) is 0 Å². The number of carbonyl (C=O) groups excluding carboxylic acids is 1. The van der Waals surface area contributed by atoms with Crippen molar-refractivity contribution in [2.75, 3.05) is 18.1 Å². The number of nitrogens with zero attached hydrogens (tertiary/aromatic N) is 5. The minimum Gasteiger partial charge on any atom is -0.456 e. The van der Waals surface area contributed by atoms with Crippen LogP contribution in [0.4, 0.5) is 11.4 Å². The van der Waals surface area contributed by atoms with Gasteiger partial charge in [-0.3, -0.25) is 14.9 Å². The number of hydrogen-bond acceptors (Lipinski definition) is 10. The lowest BCUT2D eigenvalue weighted by Crippen LogP contribution is -2.19. The molecule has 1 aromatic heterocycles. The number of benzene rings is 1. The first-order chi connectivity index (χ1) is 12.7. The molecule has 0 radical (unpaired) electrons. The van der Waals surface area contributed by atoms with Crippen LogP contribution in [0.2, 0.25) is 0 Å². The molecule has 0 atom stereocenters. The fraction of sp³-hybridized carbons (Fsp3) is 0.429. The van der Waals surface area contributed by atoms with Crippen LogP contribution in [0, 0.1) is 10.1 Å². The summed E-state index contributed by atoms with van der Waals surface area (Å²) in [5.74, 6) is -0.295. The standard InChI is InChI=1S/C14H18N6O6S/c1-3-6-19-13(16-17-18-19)9-26-14(21)8-15-11-5-4-10(27(2,24)25)7-12(11)20(22)23/h4-5,7,15H,3,6,8-9H2,1-2H3. The Bertz CT molecular complexity index is 941. The lowest BCUT2D eigenvalue weighted by molar-refractivity contribution is -0.384. The molecule has 1 N–H and O–H groups in total. The third-order valence-corrected chi connectivity index (χ3v) is 4.53. The van der Waals surface area contributed by atoms with Crippen molar-refractivity contribution >= 4 is 27.2 Å². The van der Waals surface area contributed by atoms with Crippen molar-refractivity contribution in [1.29, 1.82) is 0 Å². The lowest BCUT2D eigenvalue weighted by Gasteiger charge is -2.09. The molecule has 0 fully saturated rings. The van der Waals surface area contributed by atoms with Crippen LogP contribution in [0.15, 0.2) is 23.1 Å². The molecular formula is C14H18N6O6S. The average Bonchev–Trinajstić information content (AvgIpc) is 3.04. The highest BCUT2D eigenvalue weighted by Crippen LogP contribution is 2.27. The number of nitro benzene ring substituents is 1. The molecule has 0 aliphatic rings. The molecule has 0 unspecified atom stereocenters. The molecule has 12 nitrogen and oxygen atoms in total. The molecule has 2 aromatic rings. The zero-order valence-corrected chi connectivity index (χ0v) is 15.5. The highest BCUT2D eigenvalue weighted by atomic mass is 32.2. The van der Waals surface area contributed by atoms with E-state index in [1.54, 1.807) is 0 Å². The topological polar surface area (TPSA) is 159 Å². The molecule has 0 saturated heterocycles. The van der Waals surface area contributed by atoms with Gasteiger partial charge in [0.15, 0.2) is 22.3 Å². The third kappa shape index (κ3) is 5.44. The number of ether oxygens (including phenoxy) is 1. The fourth-order valence-corrected chi connectivity index (χ4v) is 2.76. The Hall–Kier alpha value is -3.09. The van der Waals surface area contributed by atoms with Gasteiger partial charge in [-0.25, -0.2) is 13.1 Å². The first-order valence-corrected chi connectivity index (χ1v) is 9.74. The predicted molar refractivity (Wildman–Crippen MR) is 92.6 cm³/mol. The number of sulfone groups is 1. The van der Waals surface area contributed by atoms with Gasteiger partial charge in [0.1, 0.15) is 12.2 Å². The zero-order chi connectivity index (χ0) is 20.0. The molecule has 1 heterocycles. The Kier molecular flexibility index (Phi) is 6.39. The molecule has 13 heteroatoms. The Morgan fingerprint density at radius 3 is 2.78 bits per heavy atom. The van der Waals surface area contributed by atoms with Crippen LogP contribution in [0.5, 0.6) is 0 Å². The monoisotopic (exact) mass is 398 g/mol. The van der Waals surface area contributed by atoms with E-state index in [0.29, 0.717) is 12.4 Å². The second-order valence-electron chi connectivity index (χ2n) is 5.54. The van der Waals surface area contributed by atoms with Gasteiger partial charge < -0.3 is 10.1 Å². The number of aryl methyl sites for hydroxylation is 1. The van der Waals surface area contributed by atoms with Crippen LogP contribution in [-0.4, -0.2) is 52.3 Å². The summed E-state index contributed by atoms with van der Waals surface area (Å²) in [6.07, 6.45) is 1.75. The first-order valence-electron chi connectivity index (χ1n) is 7.85. The normalized spacial score (nSPS) is 11.2. The van der Waals surface area contributed by atoms with Gasteiger partial charge in [-0.1, -0.05) is 6.92 Å². The van der Waals surface area contributed by atoms with Crippen LogP contribution in [-0.2, 0) is 32.5 Å². The Morgan fingerprint density at radius 1 is 1.41 bits per heavy atom. The number of nitro groups is 1. The number of esters is 1. The van der Waals surface area contributed by atoms with Gasteiger partial charge in [-0.05, 0) is 29.0 Å². The Morgan fingerprint density at radius 2 is 2.15 bits per heavy atom. The van der Waals surface area contributed by atoms with Crippen molar-refractivity contribution in [1.82, 2.24) is 20.2 Å². The number of rotatable bonds is 9. The highest BCUT2D eigenvalue weighted by molar-refractivity contribution is 7.90. The predicted octanol–water partition coefficient (Wildman–Crippen LogP) is 0.550. The lowest BCUT2D eigenvalue weighted by atomic mass is 10.2. The van der Waals surface area contributed by atoms with Crippen molar-refractivity contribution in [2.45, 2.75) is 31.4 Å². The second-order valence-corrected chi connectivity index (χ2v) is 7.56. The number of carbonyl (C=O) groups is 1. The number of aromatic nitrogens is 4. The van der Waals surface area contributed by atoms with Gasteiger partial charge in [0.05, 0.1) is 9.82 Å². The number of tetrazole rings is 1. The van der Waals surface area contributed by atoms with Crippen LogP contribution in [0.3, 0.4) is 0 Å². The average molecular weight is 398 g/mol. The summed E-state index contributed by atoms with van der Waals surface area (Å²) in [7, 11) is -3.59. The molecule has 0 saturated carbocycles. The molecular weight excluding hydrogens is 380 g/mol. The second kappa shape index (κ2) is 8.53. The minimum absolute atomic E-state index is 0.000154. The van der Waals surface area contributed by atoms with E-state index in [1.165, 1.54) is 16.8 Å². The van der Waals surface area contributed by atoms with E-state index in [-0.39, 0.29) is 23.7 Å².